The second-order valence-electron chi connectivity index (χ2n) is 10.2. The highest BCUT2D eigenvalue weighted by molar-refractivity contribution is 7.89. The molecule has 0 bridgehead atoms. The van der Waals surface area contributed by atoms with Gasteiger partial charge < -0.3 is 15.0 Å². The van der Waals surface area contributed by atoms with Crippen molar-refractivity contribution in [3.8, 4) is 11.4 Å². The molecule has 1 saturated heterocycles. The number of anilines is 1. The van der Waals surface area contributed by atoms with Gasteiger partial charge in [-0.2, -0.15) is 0 Å². The van der Waals surface area contributed by atoms with Crippen LogP contribution >= 0.6 is 0 Å². The molecular weight excluding hydrogens is 533 g/mol. The minimum absolute atomic E-state index is 0.0155. The van der Waals surface area contributed by atoms with Gasteiger partial charge in [-0.05, 0) is 49.7 Å². The lowest BCUT2D eigenvalue weighted by Gasteiger charge is -2.36. The maximum absolute atomic E-state index is 14.6. The number of nitrogens with zero attached hydrogens (tertiary/aromatic N) is 4. The molecule has 2 atom stereocenters. The van der Waals surface area contributed by atoms with Crippen LogP contribution in [0.15, 0.2) is 60.8 Å². The van der Waals surface area contributed by atoms with E-state index in [9.17, 15) is 17.6 Å². The second kappa shape index (κ2) is 11.3. The van der Waals surface area contributed by atoms with Crippen LogP contribution in [-0.4, -0.2) is 60.8 Å². The highest BCUT2D eigenvalue weighted by Crippen LogP contribution is 2.25. The van der Waals surface area contributed by atoms with E-state index in [-0.39, 0.29) is 30.4 Å². The van der Waals surface area contributed by atoms with Crippen molar-refractivity contribution in [1.29, 1.82) is 0 Å². The molecule has 11 heteroatoms. The molecule has 208 valence electrons. The van der Waals surface area contributed by atoms with Gasteiger partial charge in [0, 0.05) is 48.6 Å². The minimum atomic E-state index is -3.15. The van der Waals surface area contributed by atoms with Gasteiger partial charge >= 0.3 is 0 Å². The van der Waals surface area contributed by atoms with E-state index in [1.807, 2.05) is 24.8 Å². The fourth-order valence-corrected chi connectivity index (χ4v) is 5.57. The van der Waals surface area contributed by atoms with Crippen molar-refractivity contribution < 1.29 is 22.3 Å². The Morgan fingerprint density at radius 2 is 1.75 bits per heavy atom. The van der Waals surface area contributed by atoms with Crippen LogP contribution in [0.3, 0.4) is 0 Å². The minimum Gasteiger partial charge on any atom is -0.372 e. The largest absolute Gasteiger partial charge is 0.372 e. The fourth-order valence-electron chi connectivity index (χ4n) is 4.77. The number of sulfone groups is 1. The molecule has 0 radical (unpaired) electrons. The number of fused-ring (bicyclic) bond motifs is 1. The number of pyridine rings is 3. The molecule has 1 amide bonds. The van der Waals surface area contributed by atoms with Crippen molar-refractivity contribution in [2.75, 3.05) is 24.2 Å². The number of carbonyl (C=O) groups excluding carboxylic acids is 1. The van der Waals surface area contributed by atoms with Gasteiger partial charge in [0.2, 0.25) is 0 Å². The number of halogens is 1. The van der Waals surface area contributed by atoms with Crippen LogP contribution in [0.25, 0.3) is 22.3 Å². The first-order chi connectivity index (χ1) is 19.0. The Balaban J connectivity index is 1.32. The molecule has 9 nitrogen and oxygen atoms in total. The van der Waals surface area contributed by atoms with Gasteiger partial charge in [-0.1, -0.05) is 12.1 Å². The van der Waals surface area contributed by atoms with E-state index >= 15 is 0 Å². The number of carbonyl (C=O) groups is 1. The molecule has 5 rings (SSSR count). The lowest BCUT2D eigenvalue weighted by atomic mass is 10.1. The first-order valence-corrected chi connectivity index (χ1v) is 15.0. The van der Waals surface area contributed by atoms with Crippen molar-refractivity contribution in [1.82, 2.24) is 20.3 Å². The van der Waals surface area contributed by atoms with Gasteiger partial charge in [0.25, 0.3) is 5.91 Å². The van der Waals surface area contributed by atoms with Crippen LogP contribution in [0.2, 0.25) is 0 Å². The number of amides is 1. The maximum Gasteiger partial charge on any atom is 0.251 e. The molecule has 0 aliphatic carbocycles. The second-order valence-corrected chi connectivity index (χ2v) is 12.3. The summed E-state index contributed by atoms with van der Waals surface area (Å²) < 4.78 is 43.4. The number of nitrogens with one attached hydrogen (secondary N) is 1. The number of aromatic nitrogens is 3. The third-order valence-electron chi connectivity index (χ3n) is 6.49. The summed E-state index contributed by atoms with van der Waals surface area (Å²) in [5.74, 6) is -0.238. The lowest BCUT2D eigenvalue weighted by molar-refractivity contribution is -0.00547. The Bertz CT molecular complexity index is 1650. The van der Waals surface area contributed by atoms with E-state index in [4.69, 9.17) is 14.7 Å². The summed E-state index contributed by atoms with van der Waals surface area (Å²) in [6.07, 6.45) is 2.87. The Kier molecular flexibility index (Phi) is 7.77. The zero-order valence-corrected chi connectivity index (χ0v) is 23.3. The molecular formula is C29H30FN5O4S. The van der Waals surface area contributed by atoms with Crippen molar-refractivity contribution >= 4 is 32.5 Å². The van der Waals surface area contributed by atoms with Crippen LogP contribution in [0, 0.1) is 5.82 Å². The van der Waals surface area contributed by atoms with E-state index in [1.54, 1.807) is 42.6 Å². The number of hydrogen-bond acceptors (Lipinski definition) is 8. The van der Waals surface area contributed by atoms with Crippen molar-refractivity contribution in [3.05, 3.63) is 83.4 Å². The molecule has 40 heavy (non-hydrogen) atoms. The average Bonchev–Trinajstić information content (AvgIpc) is 2.90. The predicted molar refractivity (Wildman–Crippen MR) is 151 cm³/mol. The zero-order valence-electron chi connectivity index (χ0n) is 22.5. The summed E-state index contributed by atoms with van der Waals surface area (Å²) in [4.78, 5) is 28.5. The molecule has 1 aliphatic rings. The van der Waals surface area contributed by atoms with Crippen LogP contribution in [0.1, 0.15) is 35.5 Å². The molecule has 4 heterocycles. The van der Waals surface area contributed by atoms with Gasteiger partial charge in [-0.25, -0.2) is 22.8 Å². The summed E-state index contributed by atoms with van der Waals surface area (Å²) in [5.41, 5.74) is 3.22. The van der Waals surface area contributed by atoms with E-state index < -0.39 is 15.7 Å². The summed E-state index contributed by atoms with van der Waals surface area (Å²) in [6, 6.07) is 14.7. The summed E-state index contributed by atoms with van der Waals surface area (Å²) in [6.45, 7) is 5.38. The van der Waals surface area contributed by atoms with Gasteiger partial charge in [0.05, 0.1) is 47.1 Å². The van der Waals surface area contributed by atoms with Crippen LogP contribution in [0.4, 0.5) is 10.2 Å². The van der Waals surface area contributed by atoms with Crippen molar-refractivity contribution in [2.24, 2.45) is 0 Å². The van der Waals surface area contributed by atoms with Crippen LogP contribution < -0.4 is 10.2 Å². The number of hydrogen-bond donors (Lipinski definition) is 1. The SMILES string of the molecule is C[C@@H]1CN(c2cc(F)cc(-c3ccc4cnc(CNC(=O)c5ccc(CS(C)(=O)=O)cc5)cc4n3)n2)C[C@H](C)O1. The van der Waals surface area contributed by atoms with E-state index in [0.29, 0.717) is 52.6 Å². The smallest absolute Gasteiger partial charge is 0.251 e. The summed E-state index contributed by atoms with van der Waals surface area (Å²) in [5, 5.41) is 3.63. The maximum atomic E-state index is 14.6. The topological polar surface area (TPSA) is 114 Å². The summed E-state index contributed by atoms with van der Waals surface area (Å²) >= 11 is 0. The molecule has 4 aromatic rings. The fraction of sp³-hybridized carbons (Fsp3) is 0.310. The number of rotatable bonds is 7. The first-order valence-electron chi connectivity index (χ1n) is 12.9. The molecule has 3 aromatic heterocycles. The summed E-state index contributed by atoms with van der Waals surface area (Å²) in [7, 11) is -3.15. The lowest BCUT2D eigenvalue weighted by Crippen LogP contribution is -2.45. The Hall–Kier alpha value is -3.96. The third-order valence-corrected chi connectivity index (χ3v) is 7.35. The molecule has 0 unspecified atom stereocenters. The van der Waals surface area contributed by atoms with Gasteiger partial charge in [-0.15, -0.1) is 0 Å². The van der Waals surface area contributed by atoms with E-state index in [2.05, 4.69) is 10.3 Å². The first kappa shape index (κ1) is 27.6. The Labute approximate surface area is 232 Å². The highest BCUT2D eigenvalue weighted by atomic mass is 32.2. The normalized spacial score (nSPS) is 17.6. The number of morpholine rings is 1. The quantitative estimate of drug-likeness (QED) is 0.360. The van der Waals surface area contributed by atoms with E-state index in [0.717, 1.165) is 5.39 Å². The monoisotopic (exact) mass is 563 g/mol. The van der Waals surface area contributed by atoms with Crippen LogP contribution in [-0.2, 0) is 26.9 Å². The predicted octanol–water partition coefficient (Wildman–Crippen LogP) is 3.92. The number of ether oxygens (including phenoxy) is 1. The Morgan fingerprint density at radius 1 is 1.02 bits per heavy atom. The molecule has 0 spiro atoms. The standard InChI is InChI=1S/C29H30FN5O4S/c1-18-15-35(16-19(2)39-18)28-11-23(30)10-27(34-28)25-9-8-22-13-31-24(12-26(22)33-25)14-32-29(36)21-6-4-20(5-7-21)17-40(3,37)38/h4-13,18-19H,14-17H2,1-3H3,(H,32,36)/t18-,19+. The van der Waals surface area contributed by atoms with Gasteiger partial charge in [0.1, 0.15) is 11.6 Å². The van der Waals surface area contributed by atoms with Gasteiger partial charge in [0.15, 0.2) is 9.84 Å². The average molecular weight is 564 g/mol. The zero-order chi connectivity index (χ0) is 28.4. The molecule has 1 N–H and O–H groups in total. The molecule has 1 aliphatic heterocycles. The van der Waals surface area contributed by atoms with Gasteiger partial charge in [-0.3, -0.25) is 9.78 Å². The molecule has 1 fully saturated rings. The molecule has 0 saturated carbocycles. The Morgan fingerprint density at radius 3 is 2.45 bits per heavy atom. The highest BCUT2D eigenvalue weighted by Gasteiger charge is 2.24. The van der Waals surface area contributed by atoms with Crippen LogP contribution in [0.5, 0.6) is 0 Å². The molecule has 1 aromatic carbocycles. The number of benzene rings is 1. The third kappa shape index (κ3) is 6.78. The van der Waals surface area contributed by atoms with Crippen molar-refractivity contribution in [2.45, 2.75) is 38.4 Å². The van der Waals surface area contributed by atoms with Crippen molar-refractivity contribution in [3.63, 3.8) is 0 Å². The van der Waals surface area contributed by atoms with E-state index in [1.165, 1.54) is 18.4 Å².